The monoisotopic (exact) mass is 653 g/mol. The van der Waals surface area contributed by atoms with Crippen LogP contribution in [0.5, 0.6) is 0 Å². The Morgan fingerprint density at radius 1 is 0.638 bits per heavy atom. The van der Waals surface area contributed by atoms with Crippen molar-refractivity contribution in [3.8, 4) is 0 Å². The van der Waals surface area contributed by atoms with Crippen molar-refractivity contribution in [2.75, 3.05) is 19.6 Å². The van der Waals surface area contributed by atoms with Crippen LogP contribution in [0.25, 0.3) is 0 Å². The Balaban J connectivity index is 2.29. The van der Waals surface area contributed by atoms with Crippen LogP contribution in [0.1, 0.15) is 43.2 Å². The molecule has 2 aromatic rings. The first kappa shape index (κ1) is 38.2. The van der Waals surface area contributed by atoms with E-state index < -0.39 is 53.8 Å². The molecule has 0 bridgehead atoms. The van der Waals surface area contributed by atoms with Crippen molar-refractivity contribution in [1.29, 1.82) is 0 Å². The molecule has 256 valence electrons. The highest BCUT2D eigenvalue weighted by atomic mass is 16.4. The first-order chi connectivity index (χ1) is 22.5. The second-order valence-corrected chi connectivity index (χ2v) is 11.0. The van der Waals surface area contributed by atoms with E-state index in [0.29, 0.717) is 19.4 Å². The number of carboxylic acids is 1. The van der Waals surface area contributed by atoms with E-state index in [1.54, 1.807) is 48.5 Å². The summed E-state index contributed by atoms with van der Waals surface area (Å²) >= 11 is 0. The number of aliphatic carboxylic acids is 1. The number of unbranched alkanes of at least 4 members (excludes halogenated alkanes) is 1. The maximum atomic E-state index is 13.8. The molecular weight excluding hydrogens is 606 g/mol. The van der Waals surface area contributed by atoms with Gasteiger partial charge in [-0.25, -0.2) is 4.79 Å². The molecule has 0 saturated carbocycles. The van der Waals surface area contributed by atoms with Gasteiger partial charge < -0.3 is 49.3 Å². The predicted molar refractivity (Wildman–Crippen MR) is 178 cm³/mol. The van der Waals surface area contributed by atoms with Crippen LogP contribution in [0.4, 0.5) is 0 Å². The molecule has 0 heterocycles. The number of nitrogens with two attached hydrogens (primary N) is 4. The summed E-state index contributed by atoms with van der Waals surface area (Å²) < 4.78 is 0. The number of benzene rings is 2. The van der Waals surface area contributed by atoms with E-state index in [9.17, 15) is 29.1 Å². The van der Waals surface area contributed by atoms with Gasteiger partial charge in [0, 0.05) is 19.4 Å². The lowest BCUT2D eigenvalue weighted by molar-refractivity contribution is -0.142. The van der Waals surface area contributed by atoms with Gasteiger partial charge in [0.1, 0.15) is 24.2 Å². The zero-order chi connectivity index (χ0) is 34.6. The van der Waals surface area contributed by atoms with Gasteiger partial charge in [-0.3, -0.25) is 24.2 Å². The first-order valence-electron chi connectivity index (χ1n) is 15.5. The van der Waals surface area contributed by atoms with Gasteiger partial charge in [0.15, 0.2) is 5.96 Å². The number of nitrogens with zero attached hydrogens (tertiary/aromatic N) is 1. The van der Waals surface area contributed by atoms with Crippen LogP contribution in [0.15, 0.2) is 65.7 Å². The summed E-state index contributed by atoms with van der Waals surface area (Å²) in [5, 5.41) is 20.3. The molecule has 0 aliphatic carbocycles. The number of carbonyl (C=O) groups is 5. The number of aliphatic imine (C=N–C) groups is 1. The van der Waals surface area contributed by atoms with Crippen molar-refractivity contribution in [3.05, 3.63) is 71.8 Å². The molecule has 15 heteroatoms. The molecule has 4 atom stereocenters. The molecule has 0 aliphatic heterocycles. The number of rotatable bonds is 21. The number of hydrogen-bond acceptors (Lipinski definition) is 8. The quantitative estimate of drug-likeness (QED) is 0.0433. The minimum atomic E-state index is -1.26. The lowest BCUT2D eigenvalue weighted by atomic mass is 10.0. The van der Waals surface area contributed by atoms with Crippen LogP contribution in [0.2, 0.25) is 0 Å². The third-order valence-corrected chi connectivity index (χ3v) is 7.18. The van der Waals surface area contributed by atoms with Crippen LogP contribution in [-0.2, 0) is 36.8 Å². The lowest BCUT2D eigenvalue weighted by Crippen LogP contribution is -2.58. The third kappa shape index (κ3) is 14.7. The van der Waals surface area contributed by atoms with Crippen molar-refractivity contribution in [2.24, 2.45) is 27.9 Å². The van der Waals surface area contributed by atoms with Gasteiger partial charge in [-0.1, -0.05) is 60.7 Å². The molecule has 0 saturated heterocycles. The van der Waals surface area contributed by atoms with Crippen molar-refractivity contribution in [1.82, 2.24) is 21.3 Å². The minimum absolute atomic E-state index is 0.0470. The minimum Gasteiger partial charge on any atom is -0.480 e. The maximum Gasteiger partial charge on any atom is 0.326 e. The van der Waals surface area contributed by atoms with Gasteiger partial charge in [-0.05, 0) is 49.8 Å². The van der Waals surface area contributed by atoms with Gasteiger partial charge in [-0.15, -0.1) is 0 Å². The lowest BCUT2D eigenvalue weighted by Gasteiger charge is -2.26. The van der Waals surface area contributed by atoms with Gasteiger partial charge >= 0.3 is 5.97 Å². The summed E-state index contributed by atoms with van der Waals surface area (Å²) in [7, 11) is 0. The molecule has 2 aromatic carbocycles. The highest BCUT2D eigenvalue weighted by molar-refractivity contribution is 5.95. The third-order valence-electron chi connectivity index (χ3n) is 7.18. The smallest absolute Gasteiger partial charge is 0.326 e. The van der Waals surface area contributed by atoms with Crippen LogP contribution in [-0.4, -0.2) is 84.5 Å². The zero-order valence-electron chi connectivity index (χ0n) is 26.4. The number of hydrogen-bond donors (Lipinski definition) is 9. The average Bonchev–Trinajstić information content (AvgIpc) is 3.05. The van der Waals surface area contributed by atoms with Gasteiger partial charge in [0.2, 0.25) is 23.6 Å². The molecule has 4 amide bonds. The Labute approximate surface area is 274 Å². The summed E-state index contributed by atoms with van der Waals surface area (Å²) in [4.78, 5) is 68.7. The molecule has 0 unspecified atom stereocenters. The highest BCUT2D eigenvalue weighted by Crippen LogP contribution is 2.09. The van der Waals surface area contributed by atoms with E-state index in [2.05, 4.69) is 26.3 Å². The van der Waals surface area contributed by atoms with Crippen molar-refractivity contribution >= 4 is 35.6 Å². The number of nitrogens with one attached hydrogen (secondary N) is 4. The largest absolute Gasteiger partial charge is 0.480 e. The highest BCUT2D eigenvalue weighted by Gasteiger charge is 2.31. The van der Waals surface area contributed by atoms with Crippen LogP contribution >= 0.6 is 0 Å². The van der Waals surface area contributed by atoms with Crippen molar-refractivity contribution in [3.63, 3.8) is 0 Å². The van der Waals surface area contributed by atoms with E-state index in [1.165, 1.54) is 0 Å². The van der Waals surface area contributed by atoms with E-state index in [1.807, 2.05) is 12.1 Å². The molecule has 2 rings (SSSR count). The second kappa shape index (κ2) is 20.9. The number of carboxylic acid groups (broad SMARTS) is 1. The molecule has 15 nitrogen and oxygen atoms in total. The summed E-state index contributed by atoms with van der Waals surface area (Å²) in [6, 6.07) is 13.4. The Morgan fingerprint density at radius 3 is 1.60 bits per heavy atom. The molecule has 0 spiro atoms. The van der Waals surface area contributed by atoms with Crippen molar-refractivity contribution in [2.45, 2.75) is 69.1 Å². The average molecular weight is 654 g/mol. The van der Waals surface area contributed by atoms with Crippen LogP contribution in [0, 0.1) is 0 Å². The standard InChI is InChI=1S/C32H47N9O6/c33-16-8-7-14-23(28(43)40-24(31(46)47)15-9-17-37-32(35)36)39-30(45)26(19-22-12-5-2-6-13-22)41-29(44)25(38-27(42)20-34)18-21-10-3-1-4-11-21/h1-6,10-13,23-26H,7-9,14-20,33-34H2,(H,38,42)(H,39,45)(H,40,43)(H,41,44)(H,46,47)(H4,35,36,37)/t23-,24-,25-,26-/m0/s1. The normalized spacial score (nSPS) is 13.2. The Morgan fingerprint density at radius 2 is 1.11 bits per heavy atom. The maximum absolute atomic E-state index is 13.8. The van der Waals surface area contributed by atoms with Crippen LogP contribution in [0.3, 0.4) is 0 Å². The number of amides is 4. The number of carbonyl (C=O) groups excluding carboxylic acids is 4. The zero-order valence-corrected chi connectivity index (χ0v) is 26.4. The molecule has 0 radical (unpaired) electrons. The molecule has 13 N–H and O–H groups in total. The van der Waals surface area contributed by atoms with E-state index >= 15 is 0 Å². The first-order valence-corrected chi connectivity index (χ1v) is 15.5. The number of guanidine groups is 1. The Hall–Kier alpha value is -5.02. The van der Waals surface area contributed by atoms with E-state index in [-0.39, 0.29) is 51.2 Å². The summed E-state index contributed by atoms with van der Waals surface area (Å²) in [6.45, 7) is 0.197. The topological polar surface area (TPSA) is 270 Å². The summed E-state index contributed by atoms with van der Waals surface area (Å²) in [6.07, 6.45) is 1.75. The van der Waals surface area contributed by atoms with Gasteiger partial charge in [0.25, 0.3) is 0 Å². The second-order valence-electron chi connectivity index (χ2n) is 11.0. The molecular formula is C32H47N9O6. The Kier molecular flexibility index (Phi) is 17.0. The molecule has 0 fully saturated rings. The molecule has 47 heavy (non-hydrogen) atoms. The molecule has 0 aromatic heterocycles. The fourth-order valence-electron chi connectivity index (χ4n) is 4.71. The summed E-state index contributed by atoms with van der Waals surface area (Å²) in [5.41, 5.74) is 23.3. The molecule has 0 aliphatic rings. The van der Waals surface area contributed by atoms with Crippen molar-refractivity contribution < 1.29 is 29.1 Å². The fourth-order valence-corrected chi connectivity index (χ4v) is 4.71. The van der Waals surface area contributed by atoms with E-state index in [4.69, 9.17) is 22.9 Å². The Bertz CT molecular complexity index is 1320. The predicted octanol–water partition coefficient (Wildman–Crippen LogP) is -1.36. The SMILES string of the molecule is NCCCC[C@H](NC(=O)[C@H](Cc1ccccc1)NC(=O)[C@H](Cc1ccccc1)NC(=O)CN)C(=O)N[C@@H](CCCN=C(N)N)C(=O)O. The van der Waals surface area contributed by atoms with Crippen LogP contribution < -0.4 is 44.2 Å². The summed E-state index contributed by atoms with van der Waals surface area (Å²) in [5.74, 6) is -3.93. The fraction of sp³-hybridized carbons (Fsp3) is 0.438. The van der Waals surface area contributed by atoms with Gasteiger partial charge in [-0.2, -0.15) is 0 Å². The van der Waals surface area contributed by atoms with E-state index in [0.717, 1.165) is 11.1 Å². The van der Waals surface area contributed by atoms with Gasteiger partial charge in [0.05, 0.1) is 6.54 Å².